The molecule has 0 aromatic carbocycles. The van der Waals surface area contributed by atoms with Gasteiger partial charge in [0.1, 0.15) is 6.10 Å². The van der Waals surface area contributed by atoms with Crippen molar-refractivity contribution in [1.29, 1.82) is 0 Å². The molecule has 1 atom stereocenters. The van der Waals surface area contributed by atoms with E-state index in [0.29, 0.717) is 19.6 Å². The first-order chi connectivity index (χ1) is 20.7. The van der Waals surface area contributed by atoms with Gasteiger partial charge in [0.15, 0.2) is 0 Å². The lowest BCUT2D eigenvalue weighted by molar-refractivity contribution is -0.154. The second-order valence-corrected chi connectivity index (χ2v) is 11.9. The van der Waals surface area contributed by atoms with Gasteiger partial charge in [-0.2, -0.15) is 0 Å². The van der Waals surface area contributed by atoms with E-state index in [1.54, 1.807) is 0 Å². The predicted octanol–water partition coefficient (Wildman–Crippen LogP) is 11.4. The first-order valence-corrected chi connectivity index (χ1v) is 18.1. The van der Waals surface area contributed by atoms with Gasteiger partial charge in [-0.1, -0.05) is 153 Å². The summed E-state index contributed by atoms with van der Waals surface area (Å²) in [5.41, 5.74) is 0. The van der Waals surface area contributed by atoms with E-state index in [4.69, 9.17) is 9.47 Å². The fraction of sp³-hybridized carbons (Fsp3) is 0.816. The van der Waals surface area contributed by atoms with Gasteiger partial charge in [-0.25, -0.2) is 0 Å². The number of carbonyl (C=O) groups is 1. The minimum atomic E-state index is -0.528. The number of esters is 1. The van der Waals surface area contributed by atoms with E-state index in [-0.39, 0.29) is 12.6 Å². The van der Waals surface area contributed by atoms with Crippen molar-refractivity contribution in [2.75, 3.05) is 19.8 Å². The SMILES string of the molecule is CCCCCCC/C=C\C/C=C\C/C=C\CCCCCCCCCCCCCOCC(CO)OC(=O)CCCCCC. The topological polar surface area (TPSA) is 55.8 Å². The van der Waals surface area contributed by atoms with E-state index < -0.39 is 6.10 Å². The van der Waals surface area contributed by atoms with Gasteiger partial charge in [0.2, 0.25) is 0 Å². The fourth-order valence-electron chi connectivity index (χ4n) is 4.98. The van der Waals surface area contributed by atoms with Gasteiger partial charge < -0.3 is 14.6 Å². The van der Waals surface area contributed by atoms with Gasteiger partial charge in [0, 0.05) is 13.0 Å². The van der Waals surface area contributed by atoms with Crippen molar-refractivity contribution in [1.82, 2.24) is 0 Å². The molecule has 0 amide bonds. The van der Waals surface area contributed by atoms with Gasteiger partial charge >= 0.3 is 5.97 Å². The number of hydrogen-bond donors (Lipinski definition) is 1. The number of aliphatic hydroxyl groups excluding tert-OH is 1. The lowest BCUT2D eigenvalue weighted by Crippen LogP contribution is -2.27. The number of carbonyl (C=O) groups excluding carboxylic acids is 1. The molecule has 246 valence electrons. The summed E-state index contributed by atoms with van der Waals surface area (Å²) in [4.78, 5) is 11.8. The molecule has 1 N–H and O–H groups in total. The molecule has 0 aliphatic rings. The number of aliphatic hydroxyl groups is 1. The maximum Gasteiger partial charge on any atom is 0.306 e. The molecule has 0 aliphatic carbocycles. The number of rotatable bonds is 33. The average molecular weight is 591 g/mol. The van der Waals surface area contributed by atoms with E-state index in [1.807, 2.05) is 0 Å². The Morgan fingerprint density at radius 3 is 1.50 bits per heavy atom. The molecule has 4 heteroatoms. The van der Waals surface area contributed by atoms with E-state index in [9.17, 15) is 9.90 Å². The van der Waals surface area contributed by atoms with Crippen LogP contribution in [0.2, 0.25) is 0 Å². The Morgan fingerprint density at radius 2 is 1.00 bits per heavy atom. The smallest absolute Gasteiger partial charge is 0.306 e. The van der Waals surface area contributed by atoms with Crippen LogP contribution in [0, 0.1) is 0 Å². The summed E-state index contributed by atoms with van der Waals surface area (Å²) in [5, 5.41) is 9.42. The standard InChI is InChI=1S/C38H70O4/c1-3-5-7-9-10-11-12-13-14-15-16-17-18-19-20-21-22-23-24-25-26-27-28-29-30-32-34-41-36-37(35-39)42-38(40)33-31-8-6-4-2/h12-13,15-16,18-19,37,39H,3-11,14,17,20-36H2,1-2H3/b13-12-,16-15-,19-18-. The Kier molecular flexibility index (Phi) is 34.6. The van der Waals surface area contributed by atoms with Gasteiger partial charge in [-0.3, -0.25) is 4.79 Å². The highest BCUT2D eigenvalue weighted by Crippen LogP contribution is 2.13. The highest BCUT2D eigenvalue weighted by molar-refractivity contribution is 5.69. The first kappa shape index (κ1) is 40.6. The second-order valence-electron chi connectivity index (χ2n) is 11.9. The maximum atomic E-state index is 11.8. The van der Waals surface area contributed by atoms with Crippen molar-refractivity contribution in [2.45, 2.75) is 180 Å². The molecule has 0 aromatic rings. The van der Waals surface area contributed by atoms with Crippen molar-refractivity contribution in [3.05, 3.63) is 36.5 Å². The molecule has 0 aromatic heterocycles. The van der Waals surface area contributed by atoms with Crippen LogP contribution in [0.15, 0.2) is 36.5 Å². The number of unbranched alkanes of at least 4 members (excludes halogenated alkanes) is 19. The summed E-state index contributed by atoms with van der Waals surface area (Å²) >= 11 is 0. The van der Waals surface area contributed by atoms with Crippen LogP contribution in [0.25, 0.3) is 0 Å². The minimum Gasteiger partial charge on any atom is -0.457 e. The van der Waals surface area contributed by atoms with Crippen LogP contribution in [0.3, 0.4) is 0 Å². The zero-order chi connectivity index (χ0) is 30.6. The lowest BCUT2D eigenvalue weighted by atomic mass is 10.1. The normalized spacial score (nSPS) is 12.7. The van der Waals surface area contributed by atoms with Gasteiger partial charge in [0.25, 0.3) is 0 Å². The van der Waals surface area contributed by atoms with Crippen molar-refractivity contribution in [3.63, 3.8) is 0 Å². The summed E-state index contributed by atoms with van der Waals surface area (Å²) in [6.07, 6.45) is 43.8. The molecule has 4 nitrogen and oxygen atoms in total. The Labute approximate surface area is 261 Å². The summed E-state index contributed by atoms with van der Waals surface area (Å²) < 4.78 is 11.0. The third-order valence-corrected chi connectivity index (χ3v) is 7.72. The molecule has 42 heavy (non-hydrogen) atoms. The van der Waals surface area contributed by atoms with Crippen molar-refractivity contribution >= 4 is 5.97 Å². The summed E-state index contributed by atoms with van der Waals surface area (Å²) in [5.74, 6) is -0.220. The van der Waals surface area contributed by atoms with E-state index >= 15 is 0 Å². The molecule has 0 aliphatic heterocycles. The Balaban J connectivity index is 3.36. The van der Waals surface area contributed by atoms with Crippen LogP contribution in [-0.2, 0) is 14.3 Å². The van der Waals surface area contributed by atoms with Crippen LogP contribution in [-0.4, -0.2) is 37.0 Å². The van der Waals surface area contributed by atoms with Crippen molar-refractivity contribution in [3.8, 4) is 0 Å². The van der Waals surface area contributed by atoms with Crippen LogP contribution in [0.1, 0.15) is 174 Å². The molecule has 0 rings (SSSR count). The minimum absolute atomic E-state index is 0.173. The number of allylic oxidation sites excluding steroid dienone is 6. The van der Waals surface area contributed by atoms with Crippen LogP contribution in [0.5, 0.6) is 0 Å². The zero-order valence-corrected chi connectivity index (χ0v) is 28.0. The fourth-order valence-corrected chi connectivity index (χ4v) is 4.98. The monoisotopic (exact) mass is 591 g/mol. The Morgan fingerprint density at radius 1 is 0.571 bits per heavy atom. The molecular weight excluding hydrogens is 520 g/mol. The van der Waals surface area contributed by atoms with E-state index in [1.165, 1.54) is 109 Å². The first-order valence-electron chi connectivity index (χ1n) is 18.1. The number of hydrogen-bond acceptors (Lipinski definition) is 4. The molecule has 0 radical (unpaired) electrons. The molecular formula is C38H70O4. The third kappa shape index (κ3) is 33.1. The lowest BCUT2D eigenvalue weighted by Gasteiger charge is -2.15. The van der Waals surface area contributed by atoms with E-state index in [0.717, 1.165) is 44.9 Å². The summed E-state index contributed by atoms with van der Waals surface area (Å²) in [6, 6.07) is 0. The molecule has 1 unspecified atom stereocenters. The van der Waals surface area contributed by atoms with Crippen LogP contribution >= 0.6 is 0 Å². The van der Waals surface area contributed by atoms with Crippen LogP contribution < -0.4 is 0 Å². The van der Waals surface area contributed by atoms with Gasteiger partial charge in [-0.05, 0) is 51.4 Å². The van der Waals surface area contributed by atoms with Crippen LogP contribution in [0.4, 0.5) is 0 Å². The van der Waals surface area contributed by atoms with Gasteiger partial charge in [0.05, 0.1) is 13.2 Å². The quantitative estimate of drug-likeness (QED) is 0.0469. The molecule has 0 bridgehead atoms. The Bertz CT molecular complexity index is 625. The molecule has 0 heterocycles. The highest BCUT2D eigenvalue weighted by Gasteiger charge is 2.13. The molecule has 0 saturated carbocycles. The van der Waals surface area contributed by atoms with Crippen molar-refractivity contribution < 1.29 is 19.4 Å². The third-order valence-electron chi connectivity index (χ3n) is 7.72. The average Bonchev–Trinajstić information content (AvgIpc) is 3.00. The molecule has 0 saturated heterocycles. The maximum absolute atomic E-state index is 11.8. The van der Waals surface area contributed by atoms with E-state index in [2.05, 4.69) is 50.3 Å². The highest BCUT2D eigenvalue weighted by atomic mass is 16.6. The molecule has 0 fully saturated rings. The zero-order valence-electron chi connectivity index (χ0n) is 28.0. The largest absolute Gasteiger partial charge is 0.457 e. The predicted molar refractivity (Wildman–Crippen MR) is 182 cm³/mol. The summed E-state index contributed by atoms with van der Waals surface area (Å²) in [6.45, 7) is 5.22. The number of ether oxygens (including phenoxy) is 2. The van der Waals surface area contributed by atoms with Gasteiger partial charge in [-0.15, -0.1) is 0 Å². The summed E-state index contributed by atoms with van der Waals surface area (Å²) in [7, 11) is 0. The Hall–Kier alpha value is -1.39. The second kappa shape index (κ2) is 35.8. The van der Waals surface area contributed by atoms with Crippen molar-refractivity contribution in [2.24, 2.45) is 0 Å². The molecule has 0 spiro atoms.